The highest BCUT2D eigenvalue weighted by Crippen LogP contribution is 1.52. The van der Waals surface area contributed by atoms with Gasteiger partial charge in [0.25, 0.3) is 0 Å². The summed E-state index contributed by atoms with van der Waals surface area (Å²) in [5.74, 6) is 0. The second kappa shape index (κ2) is 5.58. The second-order valence-electron chi connectivity index (χ2n) is 0.567. The van der Waals surface area contributed by atoms with Crippen LogP contribution in [0.25, 0.3) is 0 Å². The second-order valence-corrected chi connectivity index (χ2v) is 1.01. The van der Waals surface area contributed by atoms with Gasteiger partial charge in [-0.1, -0.05) is 0 Å². The van der Waals surface area contributed by atoms with Crippen LogP contribution in [0.4, 0.5) is 0 Å². The van der Waals surface area contributed by atoms with E-state index in [2.05, 4.69) is 17.5 Å². The number of halogens is 1. The Bertz CT molecular complexity index is 75.3. The van der Waals surface area contributed by atoms with Crippen molar-refractivity contribution in [1.82, 2.24) is 5.43 Å². The first-order valence-electron chi connectivity index (χ1n) is 1.15. The molecular weight excluding hydrogens is 138 g/mol. The van der Waals surface area contributed by atoms with Crippen LogP contribution >= 0.6 is 24.6 Å². The monoisotopic (exact) mass is 141 g/mol. The summed E-state index contributed by atoms with van der Waals surface area (Å²) in [6, 6.07) is 0. The maximum atomic E-state index is 9.09. The number of nitroso groups, excluding NO2 is 1. The van der Waals surface area contributed by atoms with Gasteiger partial charge in [-0.2, -0.15) is 0 Å². The molecule has 7 heavy (non-hydrogen) atoms. The lowest BCUT2D eigenvalue weighted by Crippen LogP contribution is -2.22. The Kier molecular flexibility index (Phi) is 7.79. The predicted octanol–water partition coefficient (Wildman–Crippen LogP) is -0.0772. The number of hydrogen-bond donors (Lipinski definition) is 2. The summed E-state index contributed by atoms with van der Waals surface area (Å²) in [6.07, 6.45) is 0. The van der Waals surface area contributed by atoms with Gasteiger partial charge in [0.1, 0.15) is 0 Å². The largest absolute Gasteiger partial charge is 0.375 e. The fourth-order valence-corrected chi connectivity index (χ4v) is 0.0823. The molecule has 0 aliphatic rings. The summed E-state index contributed by atoms with van der Waals surface area (Å²) in [5, 5.41) is 2.06. The standard InChI is InChI=1S/CH3N3OS.ClH/c2-1(6)3-4-5;/h(H3,2,3,5,6);1H. The van der Waals surface area contributed by atoms with Gasteiger partial charge in [-0.15, -0.1) is 17.3 Å². The van der Waals surface area contributed by atoms with Crippen molar-refractivity contribution in [2.45, 2.75) is 0 Å². The quantitative estimate of drug-likeness (QED) is 0.305. The Balaban J connectivity index is 0. The third kappa shape index (κ3) is 10.7. The van der Waals surface area contributed by atoms with E-state index in [1.54, 1.807) is 5.43 Å². The van der Waals surface area contributed by atoms with Crippen LogP contribution in [0.3, 0.4) is 0 Å². The first-order chi connectivity index (χ1) is 2.77. The molecule has 0 bridgehead atoms. The Morgan fingerprint density at radius 3 is 2.29 bits per heavy atom. The molecule has 0 atom stereocenters. The molecule has 42 valence electrons. The van der Waals surface area contributed by atoms with E-state index in [9.17, 15) is 0 Å². The molecule has 0 aliphatic carbocycles. The summed E-state index contributed by atoms with van der Waals surface area (Å²) in [4.78, 5) is 9.09. The summed E-state index contributed by atoms with van der Waals surface area (Å²) in [7, 11) is 0. The lowest BCUT2D eigenvalue weighted by molar-refractivity contribution is 1.02. The van der Waals surface area contributed by atoms with Crippen LogP contribution in [0.5, 0.6) is 0 Å². The number of nitrogens with two attached hydrogens (primary N) is 1. The Morgan fingerprint density at radius 1 is 1.86 bits per heavy atom. The lowest BCUT2D eigenvalue weighted by Gasteiger charge is -1.82. The van der Waals surface area contributed by atoms with Crippen LogP contribution in [-0.4, -0.2) is 5.11 Å². The first-order valence-corrected chi connectivity index (χ1v) is 1.56. The van der Waals surface area contributed by atoms with E-state index in [1.165, 1.54) is 0 Å². The summed E-state index contributed by atoms with van der Waals surface area (Å²) < 4.78 is 0. The van der Waals surface area contributed by atoms with Crippen LogP contribution in [0.1, 0.15) is 0 Å². The van der Waals surface area contributed by atoms with Gasteiger partial charge >= 0.3 is 0 Å². The minimum atomic E-state index is -0.106. The molecule has 4 nitrogen and oxygen atoms in total. The van der Waals surface area contributed by atoms with Crippen LogP contribution < -0.4 is 11.2 Å². The molecule has 3 N–H and O–H groups in total. The van der Waals surface area contributed by atoms with Crippen molar-refractivity contribution < 1.29 is 0 Å². The molecule has 0 saturated carbocycles. The third-order valence-electron chi connectivity index (χ3n) is 0.156. The van der Waals surface area contributed by atoms with Gasteiger partial charge < -0.3 is 5.73 Å². The van der Waals surface area contributed by atoms with Gasteiger partial charge in [-0.05, 0) is 12.2 Å². The Hall–Kier alpha value is -0.420. The van der Waals surface area contributed by atoms with Crippen molar-refractivity contribution in [3.05, 3.63) is 4.91 Å². The molecule has 0 aromatic heterocycles. The molecule has 0 rings (SSSR count). The fourth-order valence-electron chi connectivity index (χ4n) is 0.0450. The molecule has 6 heteroatoms. The number of nitrogens with zero attached hydrogens (tertiary/aromatic N) is 1. The number of rotatable bonds is 1. The molecule has 0 aromatic carbocycles. The van der Waals surface area contributed by atoms with E-state index >= 15 is 0 Å². The van der Waals surface area contributed by atoms with Crippen LogP contribution in [-0.2, 0) is 0 Å². The average Bonchev–Trinajstić information content (AvgIpc) is 1.35. The SMILES string of the molecule is Cl.NC(=S)NN=O. The average molecular weight is 142 g/mol. The molecule has 0 radical (unpaired) electrons. The van der Waals surface area contributed by atoms with Crippen molar-refractivity contribution in [2.75, 3.05) is 0 Å². The minimum absolute atomic E-state index is 0. The number of thiocarbonyl (C=S) groups is 1. The summed E-state index contributed by atoms with van der Waals surface area (Å²) in [5.41, 5.74) is 6.52. The van der Waals surface area contributed by atoms with E-state index in [0.717, 1.165) is 0 Å². The topological polar surface area (TPSA) is 67.5 Å². The minimum Gasteiger partial charge on any atom is -0.375 e. The van der Waals surface area contributed by atoms with Crippen molar-refractivity contribution >= 4 is 29.7 Å². The van der Waals surface area contributed by atoms with Crippen LogP contribution in [0.15, 0.2) is 5.29 Å². The predicted molar refractivity (Wildman–Crippen MR) is 33.0 cm³/mol. The summed E-state index contributed by atoms with van der Waals surface area (Å²) >= 11 is 4.17. The molecule has 0 saturated heterocycles. The molecule has 0 aromatic rings. The molecule has 0 fully saturated rings. The highest BCUT2D eigenvalue weighted by molar-refractivity contribution is 7.80. The Labute approximate surface area is 51.8 Å². The van der Waals surface area contributed by atoms with E-state index in [0.29, 0.717) is 0 Å². The zero-order chi connectivity index (χ0) is 4.99. The third-order valence-corrected chi connectivity index (χ3v) is 0.247. The van der Waals surface area contributed by atoms with Gasteiger partial charge in [-0.25, -0.2) is 5.43 Å². The molecular formula is CH4ClN3OS. The lowest BCUT2D eigenvalue weighted by atomic mass is 11.2. The van der Waals surface area contributed by atoms with Gasteiger partial charge in [0.2, 0.25) is 0 Å². The van der Waals surface area contributed by atoms with E-state index in [-0.39, 0.29) is 17.5 Å². The number of hydrogen-bond acceptors (Lipinski definition) is 3. The zero-order valence-corrected chi connectivity index (χ0v) is 4.88. The molecule has 0 unspecified atom stereocenters. The van der Waals surface area contributed by atoms with Gasteiger partial charge in [0.15, 0.2) is 5.11 Å². The van der Waals surface area contributed by atoms with Gasteiger partial charge in [0.05, 0.1) is 5.29 Å². The zero-order valence-electron chi connectivity index (χ0n) is 3.25. The fraction of sp³-hybridized carbons (Fsp3) is 0. The highest BCUT2D eigenvalue weighted by Gasteiger charge is 1.74. The molecule has 0 heterocycles. The maximum Gasteiger partial charge on any atom is 0.186 e. The van der Waals surface area contributed by atoms with E-state index in [1.807, 2.05) is 0 Å². The first kappa shape index (κ1) is 9.77. The number of nitrogens with one attached hydrogen (secondary N) is 1. The van der Waals surface area contributed by atoms with Crippen molar-refractivity contribution in [2.24, 2.45) is 11.0 Å². The van der Waals surface area contributed by atoms with E-state index in [4.69, 9.17) is 10.6 Å². The molecule has 0 amide bonds. The summed E-state index contributed by atoms with van der Waals surface area (Å²) in [6.45, 7) is 0. The van der Waals surface area contributed by atoms with Crippen molar-refractivity contribution in [3.8, 4) is 0 Å². The van der Waals surface area contributed by atoms with Crippen molar-refractivity contribution in [1.29, 1.82) is 0 Å². The van der Waals surface area contributed by atoms with Gasteiger partial charge in [0, 0.05) is 0 Å². The van der Waals surface area contributed by atoms with Crippen LogP contribution in [0, 0.1) is 4.91 Å². The molecule has 0 aliphatic heterocycles. The Morgan fingerprint density at radius 2 is 2.29 bits per heavy atom. The smallest absolute Gasteiger partial charge is 0.186 e. The normalized spacial score (nSPS) is 5.71. The van der Waals surface area contributed by atoms with Crippen LogP contribution in [0.2, 0.25) is 0 Å². The van der Waals surface area contributed by atoms with E-state index < -0.39 is 0 Å². The van der Waals surface area contributed by atoms with Crippen molar-refractivity contribution in [3.63, 3.8) is 0 Å². The van der Waals surface area contributed by atoms with Gasteiger partial charge in [-0.3, -0.25) is 0 Å². The molecule has 0 spiro atoms. The maximum absolute atomic E-state index is 9.09. The highest BCUT2D eigenvalue weighted by atomic mass is 35.5.